The summed E-state index contributed by atoms with van der Waals surface area (Å²) in [6.07, 6.45) is 12.2. The Kier molecular flexibility index (Phi) is 9.64. The van der Waals surface area contributed by atoms with Crippen LogP contribution in [-0.2, 0) is 0 Å². The van der Waals surface area contributed by atoms with Crippen LogP contribution in [0.25, 0.3) is 0 Å². The first-order valence-electron chi connectivity index (χ1n) is 5.20. The highest BCUT2D eigenvalue weighted by Crippen LogP contribution is 1.85. The summed E-state index contributed by atoms with van der Waals surface area (Å²) in [5.41, 5.74) is 1.79. The molecule has 0 aliphatic rings. The fourth-order valence-corrected chi connectivity index (χ4v) is 1.01. The van der Waals surface area contributed by atoms with Gasteiger partial charge in [-0.25, -0.2) is 4.98 Å². The monoisotopic (exact) mass is 293 g/mol. The number of rotatable bonds is 0. The highest BCUT2D eigenvalue weighted by Gasteiger charge is 1.62. The Hall–Kier alpha value is -2.81. The Balaban J connectivity index is 0.000000133. The molecule has 0 unspecified atom stereocenters. The molecule has 0 aromatic carbocycles. The number of oxazole rings is 1. The molecule has 4 aromatic heterocycles. The van der Waals surface area contributed by atoms with Crippen molar-refractivity contribution in [2.45, 2.75) is 0 Å². The van der Waals surface area contributed by atoms with Gasteiger partial charge in [-0.3, -0.25) is 4.98 Å². The van der Waals surface area contributed by atoms with Gasteiger partial charge in [0.2, 0.25) is 0 Å². The van der Waals surface area contributed by atoms with Gasteiger partial charge in [-0.1, -0.05) is 5.16 Å². The molecule has 0 fully saturated rings. The molecule has 0 amide bonds. The van der Waals surface area contributed by atoms with E-state index in [1.54, 1.807) is 41.5 Å². The lowest BCUT2D eigenvalue weighted by Crippen LogP contribution is -1.53. The SMILES string of the molecule is c1cnoc1.c1cocn1.c1conn1.c1cscn1. The summed E-state index contributed by atoms with van der Waals surface area (Å²) in [5, 5.41) is 11.7. The topological polar surface area (TPSA) is 104 Å². The van der Waals surface area contributed by atoms with Gasteiger partial charge < -0.3 is 13.5 Å². The molecule has 4 rings (SSSR count). The van der Waals surface area contributed by atoms with E-state index in [2.05, 4.69) is 39.0 Å². The van der Waals surface area contributed by atoms with Crippen molar-refractivity contribution >= 4 is 11.3 Å². The molecule has 8 nitrogen and oxygen atoms in total. The molecule has 0 bridgehead atoms. The third kappa shape index (κ3) is 10.4. The molecular formula is C11H11N5O3S. The van der Waals surface area contributed by atoms with Gasteiger partial charge in [-0.05, 0) is 6.07 Å². The lowest BCUT2D eigenvalue weighted by Gasteiger charge is -1.48. The second-order valence-corrected chi connectivity index (χ2v) is 3.38. The fraction of sp³-hybridized carbons (Fsp3) is 0. The van der Waals surface area contributed by atoms with Crippen LogP contribution >= 0.6 is 11.3 Å². The molecule has 0 radical (unpaired) electrons. The van der Waals surface area contributed by atoms with Crippen molar-refractivity contribution in [1.29, 1.82) is 0 Å². The molecule has 4 heterocycles. The van der Waals surface area contributed by atoms with Crippen molar-refractivity contribution in [3.8, 4) is 0 Å². The number of hydrogen-bond donors (Lipinski definition) is 0. The van der Waals surface area contributed by atoms with Gasteiger partial charge in [0.25, 0.3) is 0 Å². The molecule has 0 atom stereocenters. The standard InChI is InChI=1S/2C3H3NO.C3H3NS.C2H2N2O/c1-2-5-3-4-1;1-2-4-5-3-1;1-2-5-3-4-1;1-2-5-4-3-1/h3*1-3H;1-2H. The maximum atomic E-state index is 4.47. The average Bonchev–Trinajstić information content (AvgIpc) is 3.40. The zero-order valence-corrected chi connectivity index (χ0v) is 11.0. The third-order valence-electron chi connectivity index (χ3n) is 1.32. The van der Waals surface area contributed by atoms with E-state index in [1.807, 2.05) is 5.38 Å². The van der Waals surface area contributed by atoms with Gasteiger partial charge >= 0.3 is 0 Å². The molecule has 9 heteroatoms. The zero-order chi connectivity index (χ0) is 14.1. The first kappa shape index (κ1) is 15.2. The van der Waals surface area contributed by atoms with Gasteiger partial charge in [0.15, 0.2) is 6.39 Å². The van der Waals surface area contributed by atoms with Crippen molar-refractivity contribution in [3.05, 3.63) is 66.9 Å². The van der Waals surface area contributed by atoms with E-state index < -0.39 is 0 Å². The smallest absolute Gasteiger partial charge is 0.180 e. The normalized spacial score (nSPS) is 8.00. The first-order chi connectivity index (χ1) is 10.0. The number of thiazole rings is 1. The van der Waals surface area contributed by atoms with Crippen molar-refractivity contribution in [3.63, 3.8) is 0 Å². The Morgan fingerprint density at radius 3 is 2.05 bits per heavy atom. The Morgan fingerprint density at radius 2 is 1.85 bits per heavy atom. The van der Waals surface area contributed by atoms with E-state index >= 15 is 0 Å². The minimum absolute atomic E-state index is 1.38. The Labute approximate surface area is 118 Å². The number of aromatic nitrogens is 5. The van der Waals surface area contributed by atoms with Crippen LogP contribution in [0.3, 0.4) is 0 Å². The van der Waals surface area contributed by atoms with Gasteiger partial charge in [0.1, 0.15) is 18.8 Å². The van der Waals surface area contributed by atoms with E-state index in [0.717, 1.165) is 0 Å². The molecule has 0 saturated carbocycles. The van der Waals surface area contributed by atoms with Crippen LogP contribution in [0.2, 0.25) is 0 Å². The largest absolute Gasteiger partial charge is 0.452 e. The quantitative estimate of drug-likeness (QED) is 0.487. The van der Waals surface area contributed by atoms with Crippen molar-refractivity contribution < 1.29 is 13.5 Å². The van der Waals surface area contributed by atoms with Crippen molar-refractivity contribution in [2.24, 2.45) is 0 Å². The van der Waals surface area contributed by atoms with Crippen LogP contribution in [0.1, 0.15) is 0 Å². The van der Waals surface area contributed by atoms with E-state index in [1.165, 1.54) is 31.4 Å². The van der Waals surface area contributed by atoms with E-state index in [0.29, 0.717) is 0 Å². The highest BCUT2D eigenvalue weighted by atomic mass is 32.1. The minimum atomic E-state index is 1.38. The van der Waals surface area contributed by atoms with Crippen molar-refractivity contribution in [1.82, 2.24) is 25.5 Å². The fourth-order valence-electron chi connectivity index (χ4n) is 0.663. The van der Waals surface area contributed by atoms with Crippen molar-refractivity contribution in [2.75, 3.05) is 0 Å². The summed E-state index contributed by atoms with van der Waals surface area (Å²) in [6.45, 7) is 0. The molecule has 104 valence electrons. The van der Waals surface area contributed by atoms with Crippen LogP contribution in [-0.4, -0.2) is 25.5 Å². The lowest BCUT2D eigenvalue weighted by atomic mass is 10.8. The Bertz CT molecular complexity index is 363. The van der Waals surface area contributed by atoms with Gasteiger partial charge in [-0.2, -0.15) is 0 Å². The summed E-state index contributed by atoms with van der Waals surface area (Å²) in [5.74, 6) is 0. The average molecular weight is 293 g/mol. The Morgan fingerprint density at radius 1 is 0.850 bits per heavy atom. The predicted octanol–water partition coefficient (Wildman–Crippen LogP) is 2.56. The van der Waals surface area contributed by atoms with E-state index in [-0.39, 0.29) is 0 Å². The van der Waals surface area contributed by atoms with E-state index in [4.69, 9.17) is 0 Å². The second-order valence-electron chi connectivity index (χ2n) is 2.63. The van der Waals surface area contributed by atoms with E-state index in [9.17, 15) is 0 Å². The summed E-state index contributed by atoms with van der Waals surface area (Å²) < 4.78 is 13.0. The van der Waals surface area contributed by atoms with Crippen LogP contribution in [0, 0.1) is 0 Å². The molecule has 0 N–H and O–H groups in total. The molecule has 0 aliphatic heterocycles. The second kappa shape index (κ2) is 12.6. The maximum absolute atomic E-state index is 4.47. The first-order valence-corrected chi connectivity index (χ1v) is 6.14. The van der Waals surface area contributed by atoms with Gasteiger partial charge in [0, 0.05) is 16.8 Å². The van der Waals surface area contributed by atoms with Crippen LogP contribution < -0.4 is 0 Å². The molecular weight excluding hydrogens is 282 g/mol. The lowest BCUT2D eigenvalue weighted by molar-refractivity contribution is 0.393. The van der Waals surface area contributed by atoms with Crippen LogP contribution in [0.15, 0.2) is 80.4 Å². The number of nitrogens with zero attached hydrogens (tertiary/aromatic N) is 5. The maximum Gasteiger partial charge on any atom is 0.180 e. The number of hydrogen-bond acceptors (Lipinski definition) is 9. The third-order valence-corrected chi connectivity index (χ3v) is 1.85. The summed E-state index contributed by atoms with van der Waals surface area (Å²) >= 11 is 1.60. The zero-order valence-electron chi connectivity index (χ0n) is 10.2. The van der Waals surface area contributed by atoms with Gasteiger partial charge in [0.05, 0.1) is 24.1 Å². The summed E-state index contributed by atoms with van der Waals surface area (Å²) in [7, 11) is 0. The molecule has 0 aliphatic carbocycles. The summed E-state index contributed by atoms with van der Waals surface area (Å²) in [4.78, 5) is 7.30. The molecule has 0 saturated heterocycles. The summed E-state index contributed by atoms with van der Waals surface area (Å²) in [6, 6.07) is 1.72. The molecule has 4 aromatic rings. The minimum Gasteiger partial charge on any atom is -0.452 e. The molecule has 0 spiro atoms. The molecule has 20 heavy (non-hydrogen) atoms. The van der Waals surface area contributed by atoms with Gasteiger partial charge in [-0.15, -0.1) is 16.4 Å². The van der Waals surface area contributed by atoms with Crippen LogP contribution in [0.5, 0.6) is 0 Å². The van der Waals surface area contributed by atoms with Crippen LogP contribution in [0.4, 0.5) is 0 Å². The predicted molar refractivity (Wildman–Crippen MR) is 69.4 cm³/mol. The highest BCUT2D eigenvalue weighted by molar-refractivity contribution is 7.07.